The number of carbonyl (C=O) groups excluding carboxylic acids is 1. The number of urea groups is 1. The lowest BCUT2D eigenvalue weighted by molar-refractivity contribution is 0.0738. The molecule has 1 aromatic carbocycles. The Balaban J connectivity index is 1.59. The highest BCUT2D eigenvalue weighted by Gasteiger charge is 2.40. The molecule has 1 atom stereocenters. The number of amides is 2. The average molecular weight is 303 g/mol. The predicted octanol–water partition coefficient (Wildman–Crippen LogP) is 1.55. The lowest BCUT2D eigenvalue weighted by Gasteiger charge is -2.31. The summed E-state index contributed by atoms with van der Waals surface area (Å²) < 4.78 is 5.78. The second-order valence-electron chi connectivity index (χ2n) is 6.61. The molecule has 0 aromatic heterocycles. The van der Waals surface area contributed by atoms with Gasteiger partial charge in [0.15, 0.2) is 0 Å². The van der Waals surface area contributed by atoms with Gasteiger partial charge < -0.3 is 19.9 Å². The van der Waals surface area contributed by atoms with Crippen molar-refractivity contribution in [2.75, 3.05) is 46.4 Å². The van der Waals surface area contributed by atoms with Gasteiger partial charge in [-0.3, -0.25) is 0 Å². The van der Waals surface area contributed by atoms with Crippen LogP contribution in [0.5, 0.6) is 0 Å². The molecule has 1 spiro atoms. The number of hydrogen-bond donors (Lipinski definition) is 1. The normalized spacial score (nSPS) is 26.1. The van der Waals surface area contributed by atoms with Crippen molar-refractivity contribution in [3.63, 3.8) is 0 Å². The highest BCUT2D eigenvalue weighted by molar-refractivity contribution is 5.74. The minimum atomic E-state index is 0.0169. The van der Waals surface area contributed by atoms with Gasteiger partial charge in [0.1, 0.15) is 0 Å². The zero-order valence-corrected chi connectivity index (χ0v) is 13.3. The van der Waals surface area contributed by atoms with Crippen LogP contribution in [0.15, 0.2) is 30.3 Å². The Morgan fingerprint density at radius 1 is 1.27 bits per heavy atom. The maximum absolute atomic E-state index is 12.5. The molecule has 2 aliphatic heterocycles. The Morgan fingerprint density at radius 3 is 2.82 bits per heavy atom. The molecule has 22 heavy (non-hydrogen) atoms. The molecule has 1 N–H and O–H groups in total. The van der Waals surface area contributed by atoms with E-state index in [9.17, 15) is 4.79 Å². The summed E-state index contributed by atoms with van der Waals surface area (Å²) in [5.74, 6) is 0. The smallest absolute Gasteiger partial charge is 0.317 e. The highest BCUT2D eigenvalue weighted by atomic mass is 16.5. The second kappa shape index (κ2) is 6.67. The third-order valence-electron chi connectivity index (χ3n) is 4.64. The summed E-state index contributed by atoms with van der Waals surface area (Å²) in [7, 11) is 2.14. The summed E-state index contributed by atoms with van der Waals surface area (Å²) >= 11 is 0. The van der Waals surface area contributed by atoms with Crippen molar-refractivity contribution >= 4 is 6.03 Å². The van der Waals surface area contributed by atoms with Gasteiger partial charge in [-0.15, -0.1) is 0 Å². The first-order valence-electron chi connectivity index (χ1n) is 8.00. The van der Waals surface area contributed by atoms with Crippen LogP contribution in [0.2, 0.25) is 0 Å². The van der Waals surface area contributed by atoms with Crippen LogP contribution >= 0.6 is 0 Å². The van der Waals surface area contributed by atoms with Crippen molar-refractivity contribution in [3.05, 3.63) is 35.9 Å². The summed E-state index contributed by atoms with van der Waals surface area (Å²) in [6.07, 6.45) is 1.10. The molecule has 0 aliphatic carbocycles. The monoisotopic (exact) mass is 303 g/mol. The SMILES string of the molecule is CN1CC[C@@]2(COCCN(C(=O)NCc3ccccc3)C2)C1. The topological polar surface area (TPSA) is 44.8 Å². The predicted molar refractivity (Wildman–Crippen MR) is 85.6 cm³/mol. The Kier molecular flexibility index (Phi) is 4.64. The van der Waals surface area contributed by atoms with Gasteiger partial charge in [-0.25, -0.2) is 4.79 Å². The lowest BCUT2D eigenvalue weighted by atomic mass is 9.87. The van der Waals surface area contributed by atoms with E-state index in [1.165, 1.54) is 0 Å². The fourth-order valence-corrected chi connectivity index (χ4v) is 3.46. The van der Waals surface area contributed by atoms with E-state index in [0.29, 0.717) is 19.7 Å². The number of nitrogens with one attached hydrogen (secondary N) is 1. The van der Waals surface area contributed by atoms with Crippen molar-refractivity contribution in [1.29, 1.82) is 0 Å². The van der Waals surface area contributed by atoms with Gasteiger partial charge in [-0.2, -0.15) is 0 Å². The highest BCUT2D eigenvalue weighted by Crippen LogP contribution is 2.32. The molecule has 120 valence electrons. The van der Waals surface area contributed by atoms with E-state index < -0.39 is 0 Å². The van der Waals surface area contributed by atoms with E-state index in [-0.39, 0.29) is 11.4 Å². The molecule has 5 nitrogen and oxygen atoms in total. The van der Waals surface area contributed by atoms with Crippen molar-refractivity contribution < 1.29 is 9.53 Å². The van der Waals surface area contributed by atoms with E-state index in [1.807, 2.05) is 35.2 Å². The Bertz CT molecular complexity index is 508. The minimum Gasteiger partial charge on any atom is -0.379 e. The number of nitrogens with zero attached hydrogens (tertiary/aromatic N) is 2. The summed E-state index contributed by atoms with van der Waals surface area (Å²) in [5.41, 5.74) is 1.23. The average Bonchev–Trinajstić information content (AvgIpc) is 2.77. The van der Waals surface area contributed by atoms with Crippen LogP contribution in [0.25, 0.3) is 0 Å². The molecule has 0 unspecified atom stereocenters. The molecule has 2 aliphatic rings. The molecule has 0 bridgehead atoms. The van der Waals surface area contributed by atoms with E-state index in [1.54, 1.807) is 0 Å². The minimum absolute atomic E-state index is 0.0169. The number of likely N-dealkylation sites (tertiary alicyclic amines) is 1. The number of rotatable bonds is 2. The van der Waals surface area contributed by atoms with Crippen LogP contribution in [0, 0.1) is 5.41 Å². The van der Waals surface area contributed by atoms with E-state index in [2.05, 4.69) is 17.3 Å². The molecule has 1 aromatic rings. The van der Waals surface area contributed by atoms with Gasteiger partial charge in [0.2, 0.25) is 0 Å². The molecule has 3 rings (SSSR count). The number of benzene rings is 1. The van der Waals surface area contributed by atoms with Gasteiger partial charge in [-0.05, 0) is 25.6 Å². The van der Waals surface area contributed by atoms with Gasteiger partial charge in [0.25, 0.3) is 0 Å². The Labute approximate surface area is 132 Å². The number of carbonyl (C=O) groups is 1. The van der Waals surface area contributed by atoms with Crippen LogP contribution in [-0.4, -0.2) is 62.3 Å². The molecule has 2 heterocycles. The molecular weight excluding hydrogens is 278 g/mol. The summed E-state index contributed by atoms with van der Waals surface area (Å²) in [6, 6.07) is 10.0. The second-order valence-corrected chi connectivity index (χ2v) is 6.61. The van der Waals surface area contributed by atoms with Crippen molar-refractivity contribution in [2.45, 2.75) is 13.0 Å². The van der Waals surface area contributed by atoms with Crippen molar-refractivity contribution in [2.24, 2.45) is 5.41 Å². The first kappa shape index (κ1) is 15.3. The Morgan fingerprint density at radius 2 is 2.09 bits per heavy atom. The molecule has 0 saturated carbocycles. The third-order valence-corrected chi connectivity index (χ3v) is 4.64. The van der Waals surface area contributed by atoms with Gasteiger partial charge >= 0.3 is 6.03 Å². The number of hydrogen-bond acceptors (Lipinski definition) is 3. The quantitative estimate of drug-likeness (QED) is 0.901. The zero-order chi connectivity index (χ0) is 15.4. The molecule has 2 amide bonds. The summed E-state index contributed by atoms with van der Waals surface area (Å²) in [5, 5.41) is 3.03. The Hall–Kier alpha value is -1.59. The van der Waals surface area contributed by atoms with Crippen LogP contribution in [0.1, 0.15) is 12.0 Å². The van der Waals surface area contributed by atoms with Crippen LogP contribution in [0.3, 0.4) is 0 Å². The molecule has 5 heteroatoms. The van der Waals surface area contributed by atoms with Gasteiger partial charge in [-0.1, -0.05) is 30.3 Å². The molecule has 2 fully saturated rings. The summed E-state index contributed by atoms with van der Waals surface area (Å²) in [4.78, 5) is 16.7. The first-order valence-corrected chi connectivity index (χ1v) is 8.00. The fraction of sp³-hybridized carbons (Fsp3) is 0.588. The van der Waals surface area contributed by atoms with E-state index >= 15 is 0 Å². The standard InChI is InChI=1S/C17H25N3O2/c1-19-8-7-17(12-19)13-20(9-10-22-14-17)16(21)18-11-15-5-3-2-4-6-15/h2-6H,7-14H2,1H3,(H,18,21)/t17-/m1/s1. The summed E-state index contributed by atoms with van der Waals surface area (Å²) in [6.45, 7) is 5.52. The fourth-order valence-electron chi connectivity index (χ4n) is 3.46. The van der Waals surface area contributed by atoms with Crippen LogP contribution in [-0.2, 0) is 11.3 Å². The van der Waals surface area contributed by atoms with Crippen molar-refractivity contribution in [1.82, 2.24) is 15.1 Å². The maximum atomic E-state index is 12.5. The van der Waals surface area contributed by atoms with Crippen molar-refractivity contribution in [3.8, 4) is 0 Å². The number of ether oxygens (including phenoxy) is 1. The molecular formula is C17H25N3O2. The molecule has 0 radical (unpaired) electrons. The van der Waals surface area contributed by atoms with Gasteiger partial charge in [0.05, 0.1) is 13.2 Å². The van der Waals surface area contributed by atoms with Crippen LogP contribution < -0.4 is 5.32 Å². The maximum Gasteiger partial charge on any atom is 0.317 e. The first-order chi connectivity index (χ1) is 10.7. The van der Waals surface area contributed by atoms with Gasteiger partial charge in [0, 0.05) is 31.6 Å². The largest absolute Gasteiger partial charge is 0.379 e. The molecule has 2 saturated heterocycles. The zero-order valence-electron chi connectivity index (χ0n) is 13.3. The third kappa shape index (κ3) is 3.59. The van der Waals surface area contributed by atoms with E-state index in [0.717, 1.165) is 38.2 Å². The van der Waals surface area contributed by atoms with E-state index in [4.69, 9.17) is 4.74 Å². The van der Waals surface area contributed by atoms with Crippen LogP contribution in [0.4, 0.5) is 4.79 Å². The lowest BCUT2D eigenvalue weighted by Crippen LogP contribution is -2.47.